The zero-order valence-electron chi connectivity index (χ0n) is 21.5. The number of pyridine rings is 1. The Balaban J connectivity index is 1.50. The number of nitrogens with zero attached hydrogens (tertiary/aromatic N) is 4. The Bertz CT molecular complexity index is 1310. The SMILES string of the molecule is CNC(O)CN1CCC(c2ccc3[nH]c(-c4cc(C(C)C)c5ncnn5c4)c(C(C)C)c3c2)CC1. The van der Waals surface area contributed by atoms with Crippen LogP contribution in [-0.2, 0) is 0 Å². The van der Waals surface area contributed by atoms with Gasteiger partial charge < -0.3 is 10.1 Å². The fourth-order valence-electron chi connectivity index (χ4n) is 5.61. The summed E-state index contributed by atoms with van der Waals surface area (Å²) in [6.45, 7) is 11.7. The van der Waals surface area contributed by atoms with Gasteiger partial charge in [0.2, 0.25) is 0 Å². The van der Waals surface area contributed by atoms with E-state index in [1.165, 1.54) is 33.3 Å². The monoisotopic (exact) mass is 474 g/mol. The van der Waals surface area contributed by atoms with Crippen molar-refractivity contribution in [2.24, 2.45) is 0 Å². The van der Waals surface area contributed by atoms with Gasteiger partial charge in [0.05, 0.1) is 5.69 Å². The summed E-state index contributed by atoms with van der Waals surface area (Å²) in [5.74, 6) is 1.30. The second-order valence-electron chi connectivity index (χ2n) is 10.6. The number of fused-ring (bicyclic) bond motifs is 2. The highest BCUT2D eigenvalue weighted by Crippen LogP contribution is 2.39. The van der Waals surface area contributed by atoms with Crippen molar-refractivity contribution in [3.63, 3.8) is 0 Å². The summed E-state index contributed by atoms with van der Waals surface area (Å²) < 4.78 is 1.91. The lowest BCUT2D eigenvalue weighted by Crippen LogP contribution is -2.42. The largest absolute Gasteiger partial charge is 0.377 e. The molecule has 3 N–H and O–H groups in total. The Labute approximate surface area is 207 Å². The van der Waals surface area contributed by atoms with Gasteiger partial charge in [-0.1, -0.05) is 33.8 Å². The van der Waals surface area contributed by atoms with Gasteiger partial charge in [-0.25, -0.2) is 9.50 Å². The van der Waals surface area contributed by atoms with Crippen molar-refractivity contribution in [3.05, 3.63) is 53.5 Å². The smallest absolute Gasteiger partial charge is 0.158 e. The van der Waals surface area contributed by atoms with Gasteiger partial charge in [0, 0.05) is 34.8 Å². The summed E-state index contributed by atoms with van der Waals surface area (Å²) in [6, 6.07) is 9.26. The first-order chi connectivity index (χ1) is 16.9. The Morgan fingerprint density at radius 2 is 1.89 bits per heavy atom. The van der Waals surface area contributed by atoms with E-state index in [1.807, 2.05) is 4.52 Å². The minimum atomic E-state index is -0.456. The molecule has 1 atom stereocenters. The molecule has 5 rings (SSSR count). The lowest BCUT2D eigenvalue weighted by atomic mass is 9.87. The van der Waals surface area contributed by atoms with E-state index in [9.17, 15) is 5.11 Å². The van der Waals surface area contributed by atoms with Crippen LogP contribution in [0.1, 0.15) is 75.0 Å². The summed E-state index contributed by atoms with van der Waals surface area (Å²) in [6.07, 6.45) is 5.52. The number of piperidine rings is 1. The maximum Gasteiger partial charge on any atom is 0.158 e. The van der Waals surface area contributed by atoms with Crippen molar-refractivity contribution in [2.45, 2.75) is 64.5 Å². The second kappa shape index (κ2) is 9.72. The first-order valence-corrected chi connectivity index (χ1v) is 12.9. The van der Waals surface area contributed by atoms with Crippen molar-refractivity contribution in [2.75, 3.05) is 26.7 Å². The lowest BCUT2D eigenvalue weighted by Gasteiger charge is -2.33. The topological polar surface area (TPSA) is 81.5 Å². The first-order valence-electron chi connectivity index (χ1n) is 12.9. The normalized spacial score (nSPS) is 16.8. The molecule has 186 valence electrons. The number of aliphatic hydroxyl groups is 1. The predicted octanol–water partition coefficient (Wildman–Crippen LogP) is 4.84. The van der Waals surface area contributed by atoms with Gasteiger partial charge in [-0.15, -0.1) is 0 Å². The Hall–Kier alpha value is -2.74. The molecular weight excluding hydrogens is 436 g/mol. The summed E-state index contributed by atoms with van der Waals surface area (Å²) >= 11 is 0. The van der Waals surface area contributed by atoms with Crippen LogP contribution in [0, 0.1) is 0 Å². The van der Waals surface area contributed by atoms with E-state index in [4.69, 9.17) is 0 Å². The lowest BCUT2D eigenvalue weighted by molar-refractivity contribution is 0.0792. The molecular formula is C28H38N6O. The molecule has 0 radical (unpaired) electrons. The molecule has 1 saturated heterocycles. The van der Waals surface area contributed by atoms with Crippen molar-refractivity contribution in [3.8, 4) is 11.3 Å². The molecule has 35 heavy (non-hydrogen) atoms. The van der Waals surface area contributed by atoms with Gasteiger partial charge in [-0.3, -0.25) is 10.2 Å². The van der Waals surface area contributed by atoms with E-state index in [-0.39, 0.29) is 0 Å². The first kappa shape index (κ1) is 24.0. The molecule has 0 aliphatic carbocycles. The number of likely N-dealkylation sites (tertiary alicyclic amines) is 1. The van der Waals surface area contributed by atoms with Crippen LogP contribution >= 0.6 is 0 Å². The Kier molecular flexibility index (Phi) is 6.66. The fourth-order valence-corrected chi connectivity index (χ4v) is 5.61. The molecule has 4 heterocycles. The molecule has 1 aliphatic rings. The number of benzene rings is 1. The van der Waals surface area contributed by atoms with E-state index < -0.39 is 6.23 Å². The highest BCUT2D eigenvalue weighted by molar-refractivity contribution is 5.92. The van der Waals surface area contributed by atoms with E-state index in [1.54, 1.807) is 13.4 Å². The quantitative estimate of drug-likeness (QED) is 0.334. The molecule has 0 amide bonds. The van der Waals surface area contributed by atoms with Crippen molar-refractivity contribution in [1.82, 2.24) is 29.8 Å². The molecule has 1 unspecified atom stereocenters. The predicted molar refractivity (Wildman–Crippen MR) is 142 cm³/mol. The molecule has 0 bridgehead atoms. The fraction of sp³-hybridized carbons (Fsp3) is 0.500. The number of rotatable bonds is 7. The third-order valence-corrected chi connectivity index (χ3v) is 7.58. The summed E-state index contributed by atoms with van der Waals surface area (Å²) in [4.78, 5) is 10.6. The molecule has 0 saturated carbocycles. The van der Waals surface area contributed by atoms with E-state index in [2.05, 4.69) is 83.4 Å². The van der Waals surface area contributed by atoms with Gasteiger partial charge in [0.25, 0.3) is 0 Å². The number of likely N-dealkylation sites (N-methyl/N-ethyl adjacent to an activating group) is 1. The maximum atomic E-state index is 9.92. The number of aromatic nitrogens is 4. The molecule has 1 aromatic carbocycles. The van der Waals surface area contributed by atoms with Crippen LogP contribution in [0.5, 0.6) is 0 Å². The molecule has 1 aliphatic heterocycles. The van der Waals surface area contributed by atoms with E-state index in [0.717, 1.165) is 37.1 Å². The van der Waals surface area contributed by atoms with Crippen LogP contribution in [-0.4, -0.2) is 62.5 Å². The highest BCUT2D eigenvalue weighted by Gasteiger charge is 2.24. The number of nitrogens with one attached hydrogen (secondary N) is 2. The summed E-state index contributed by atoms with van der Waals surface area (Å²) in [5.41, 5.74) is 8.46. The number of H-pyrrole nitrogens is 1. The van der Waals surface area contributed by atoms with Crippen molar-refractivity contribution < 1.29 is 5.11 Å². The van der Waals surface area contributed by atoms with Gasteiger partial charge in [-0.2, -0.15) is 5.10 Å². The van der Waals surface area contributed by atoms with E-state index in [0.29, 0.717) is 24.3 Å². The number of aromatic amines is 1. The molecule has 1 fully saturated rings. The van der Waals surface area contributed by atoms with Crippen LogP contribution in [0.25, 0.3) is 27.8 Å². The average Bonchev–Trinajstić information content (AvgIpc) is 3.47. The standard InChI is InChI=1S/C28H38N6O/c1-17(2)22-13-21(14-34-28(22)30-16-31-34)27-26(18(3)4)23-12-20(6-7-24(23)32-27)19-8-10-33(11-9-19)15-25(35)29-5/h6-7,12-14,16-19,25,29,32,35H,8-11,15H2,1-5H3. The van der Waals surface area contributed by atoms with Crippen LogP contribution in [0.2, 0.25) is 0 Å². The Morgan fingerprint density at radius 3 is 2.57 bits per heavy atom. The number of hydrogen-bond donors (Lipinski definition) is 3. The van der Waals surface area contributed by atoms with Crippen molar-refractivity contribution in [1.29, 1.82) is 0 Å². The average molecular weight is 475 g/mol. The number of hydrogen-bond acceptors (Lipinski definition) is 5. The van der Waals surface area contributed by atoms with Crippen molar-refractivity contribution >= 4 is 16.6 Å². The molecule has 4 aromatic rings. The van der Waals surface area contributed by atoms with E-state index >= 15 is 0 Å². The van der Waals surface area contributed by atoms with Crippen LogP contribution < -0.4 is 5.32 Å². The van der Waals surface area contributed by atoms with Gasteiger partial charge in [0.1, 0.15) is 12.6 Å². The van der Waals surface area contributed by atoms with Gasteiger partial charge >= 0.3 is 0 Å². The van der Waals surface area contributed by atoms with Gasteiger partial charge in [0.15, 0.2) is 5.65 Å². The van der Waals surface area contributed by atoms with Crippen LogP contribution in [0.4, 0.5) is 0 Å². The van der Waals surface area contributed by atoms with Crippen LogP contribution in [0.3, 0.4) is 0 Å². The number of β-amino-alcohol motifs (C(OH)–C–C–N with tert-alkyl or cyclic N) is 1. The second-order valence-corrected chi connectivity index (χ2v) is 10.6. The van der Waals surface area contributed by atoms with Gasteiger partial charge in [-0.05, 0) is 80.1 Å². The third-order valence-electron chi connectivity index (χ3n) is 7.58. The zero-order chi connectivity index (χ0) is 24.7. The third kappa shape index (κ3) is 4.60. The minimum Gasteiger partial charge on any atom is -0.377 e. The minimum absolute atomic E-state index is 0.361. The zero-order valence-corrected chi connectivity index (χ0v) is 21.5. The number of aliphatic hydroxyl groups excluding tert-OH is 1. The highest BCUT2D eigenvalue weighted by atomic mass is 16.3. The van der Waals surface area contributed by atoms with Crippen LogP contribution in [0.15, 0.2) is 36.8 Å². The summed E-state index contributed by atoms with van der Waals surface area (Å²) in [5, 5.41) is 18.6. The molecule has 0 spiro atoms. The molecule has 7 heteroatoms. The summed E-state index contributed by atoms with van der Waals surface area (Å²) in [7, 11) is 1.80. The Morgan fingerprint density at radius 1 is 1.11 bits per heavy atom. The molecule has 3 aromatic heterocycles. The molecule has 7 nitrogen and oxygen atoms in total. The maximum absolute atomic E-state index is 9.92.